The van der Waals surface area contributed by atoms with Crippen LogP contribution in [0.3, 0.4) is 0 Å². The van der Waals surface area contributed by atoms with E-state index in [2.05, 4.69) is 56.4 Å². The molecule has 0 saturated heterocycles. The van der Waals surface area contributed by atoms with Gasteiger partial charge in [-0.2, -0.15) is 15.2 Å². The van der Waals surface area contributed by atoms with Crippen LogP contribution < -0.4 is 5.32 Å². The number of H-pyrrole nitrogens is 1. The molecule has 0 aliphatic rings. The first-order chi connectivity index (χ1) is 14.1. The number of aryl methyl sites for hydroxylation is 1. The van der Waals surface area contributed by atoms with E-state index in [0.717, 1.165) is 45.3 Å². The van der Waals surface area contributed by atoms with E-state index in [1.54, 1.807) is 4.68 Å². The van der Waals surface area contributed by atoms with Crippen molar-refractivity contribution in [1.82, 2.24) is 34.3 Å². The first-order valence-corrected chi connectivity index (χ1v) is 9.63. The predicted molar refractivity (Wildman–Crippen MR) is 114 cm³/mol. The second kappa shape index (κ2) is 6.73. The summed E-state index contributed by atoms with van der Waals surface area (Å²) in [5.74, 6) is 1.18. The van der Waals surface area contributed by atoms with Gasteiger partial charge in [0.05, 0.1) is 17.9 Å². The number of nitrogens with zero attached hydrogens (tertiary/aromatic N) is 6. The zero-order valence-corrected chi connectivity index (χ0v) is 16.6. The number of rotatable bonds is 5. The lowest BCUT2D eigenvalue weighted by molar-refractivity contribution is 0.685. The normalized spacial score (nSPS) is 11.7. The van der Waals surface area contributed by atoms with Crippen LogP contribution in [-0.2, 0) is 7.05 Å². The van der Waals surface area contributed by atoms with E-state index in [-0.39, 0.29) is 0 Å². The molecule has 0 aliphatic heterocycles. The van der Waals surface area contributed by atoms with Crippen LogP contribution in [-0.4, -0.2) is 40.9 Å². The first kappa shape index (κ1) is 17.4. The highest BCUT2D eigenvalue weighted by Gasteiger charge is 2.13. The molecule has 2 N–H and O–H groups in total. The van der Waals surface area contributed by atoms with Gasteiger partial charge in [0, 0.05) is 60.5 Å². The van der Waals surface area contributed by atoms with E-state index in [1.807, 2.05) is 48.7 Å². The lowest BCUT2D eigenvalue weighted by Gasteiger charge is -2.07. The Morgan fingerprint density at radius 2 is 2.00 bits per heavy atom. The average Bonchev–Trinajstić information content (AvgIpc) is 3.43. The number of aromatic amines is 1. The highest BCUT2D eigenvalue weighted by atomic mass is 15.2. The highest BCUT2D eigenvalue weighted by Crippen LogP contribution is 2.31. The summed E-state index contributed by atoms with van der Waals surface area (Å²) >= 11 is 0. The number of anilines is 1. The molecule has 5 aromatic rings. The molecule has 0 radical (unpaired) electrons. The molecule has 146 valence electrons. The van der Waals surface area contributed by atoms with Crippen LogP contribution in [0.15, 0.2) is 49.3 Å². The number of hydrogen-bond acceptors (Lipinski definition) is 5. The van der Waals surface area contributed by atoms with Crippen molar-refractivity contribution in [3.8, 4) is 22.3 Å². The Bertz CT molecular complexity index is 1310. The molecule has 0 spiro atoms. The zero-order valence-electron chi connectivity index (χ0n) is 16.6. The smallest absolute Gasteiger partial charge is 0.224 e. The summed E-state index contributed by atoms with van der Waals surface area (Å²) < 4.78 is 3.68. The van der Waals surface area contributed by atoms with E-state index in [4.69, 9.17) is 0 Å². The quantitative estimate of drug-likeness (QED) is 0.480. The third kappa shape index (κ3) is 3.12. The highest BCUT2D eigenvalue weighted by molar-refractivity contribution is 5.95. The second-order valence-electron chi connectivity index (χ2n) is 7.64. The molecule has 0 fully saturated rings. The summed E-state index contributed by atoms with van der Waals surface area (Å²) in [5, 5.41) is 13.0. The van der Waals surface area contributed by atoms with Gasteiger partial charge in [0.2, 0.25) is 5.95 Å². The fourth-order valence-electron chi connectivity index (χ4n) is 3.46. The van der Waals surface area contributed by atoms with Crippen molar-refractivity contribution >= 4 is 22.5 Å². The molecule has 5 heterocycles. The van der Waals surface area contributed by atoms with Crippen LogP contribution >= 0.6 is 0 Å². The Morgan fingerprint density at radius 1 is 1.10 bits per heavy atom. The Labute approximate surface area is 167 Å². The van der Waals surface area contributed by atoms with Crippen molar-refractivity contribution in [2.24, 2.45) is 13.0 Å². The minimum Gasteiger partial charge on any atom is -0.354 e. The third-order valence-corrected chi connectivity index (χ3v) is 4.95. The molecular formula is C21H22N8. The van der Waals surface area contributed by atoms with Gasteiger partial charge in [-0.15, -0.1) is 0 Å². The lowest BCUT2D eigenvalue weighted by Crippen LogP contribution is -2.10. The summed E-state index contributed by atoms with van der Waals surface area (Å²) in [7, 11) is 1.91. The van der Waals surface area contributed by atoms with E-state index in [1.165, 1.54) is 0 Å². The van der Waals surface area contributed by atoms with Crippen molar-refractivity contribution in [2.45, 2.75) is 13.8 Å². The van der Waals surface area contributed by atoms with Crippen LogP contribution in [0, 0.1) is 5.92 Å². The van der Waals surface area contributed by atoms with Gasteiger partial charge in [-0.25, -0.2) is 9.50 Å². The molecule has 0 unspecified atom stereocenters. The molecule has 5 rings (SSSR count). The van der Waals surface area contributed by atoms with Crippen molar-refractivity contribution < 1.29 is 0 Å². The SMILES string of the molecule is CC(C)CNc1ncc2c(-c3ccn4ncc(-c5cnn(C)c5)c4c3)c[nH]c2n1. The molecule has 8 heteroatoms. The minimum absolute atomic E-state index is 0.532. The molecule has 0 aromatic carbocycles. The molecule has 0 bridgehead atoms. The van der Waals surface area contributed by atoms with Crippen LogP contribution in [0.2, 0.25) is 0 Å². The van der Waals surface area contributed by atoms with Crippen molar-refractivity contribution in [2.75, 3.05) is 11.9 Å². The Kier molecular flexibility index (Phi) is 4.04. The molecule has 5 aromatic heterocycles. The largest absolute Gasteiger partial charge is 0.354 e. The molecular weight excluding hydrogens is 364 g/mol. The van der Waals surface area contributed by atoms with Gasteiger partial charge < -0.3 is 10.3 Å². The summed E-state index contributed by atoms with van der Waals surface area (Å²) in [4.78, 5) is 12.4. The summed E-state index contributed by atoms with van der Waals surface area (Å²) in [6.45, 7) is 5.16. The zero-order chi connectivity index (χ0) is 20.0. The van der Waals surface area contributed by atoms with E-state index < -0.39 is 0 Å². The minimum atomic E-state index is 0.532. The van der Waals surface area contributed by atoms with Crippen molar-refractivity contribution in [3.05, 3.63) is 49.3 Å². The standard InChI is InChI=1S/C21H22N8/c1-13(2)7-23-21-24-10-18-16(9-22-20(18)27-21)14-4-5-29-19(6-14)17(11-26-29)15-8-25-28(3)12-15/h4-6,8-13H,7H2,1-3H3,(H2,22,23,24,27). The van der Waals surface area contributed by atoms with Gasteiger partial charge >= 0.3 is 0 Å². The number of hydrogen-bond donors (Lipinski definition) is 2. The average molecular weight is 386 g/mol. The van der Waals surface area contributed by atoms with Crippen LogP contribution in [0.5, 0.6) is 0 Å². The molecule has 0 aliphatic carbocycles. The van der Waals surface area contributed by atoms with Crippen LogP contribution in [0.4, 0.5) is 5.95 Å². The lowest BCUT2D eigenvalue weighted by atomic mass is 10.1. The summed E-state index contributed by atoms with van der Waals surface area (Å²) in [5.41, 5.74) is 6.10. The topological polar surface area (TPSA) is 88.7 Å². The maximum Gasteiger partial charge on any atom is 0.224 e. The number of fused-ring (bicyclic) bond motifs is 2. The molecule has 8 nitrogen and oxygen atoms in total. The molecule has 29 heavy (non-hydrogen) atoms. The molecule has 0 amide bonds. The molecule has 0 saturated carbocycles. The van der Waals surface area contributed by atoms with Crippen molar-refractivity contribution in [3.63, 3.8) is 0 Å². The molecule has 0 atom stereocenters. The maximum atomic E-state index is 4.61. The Balaban J connectivity index is 1.56. The predicted octanol–water partition coefficient (Wildman–Crippen LogP) is 3.74. The Morgan fingerprint density at radius 3 is 2.79 bits per heavy atom. The van der Waals surface area contributed by atoms with Gasteiger partial charge in [0.25, 0.3) is 0 Å². The van der Waals surface area contributed by atoms with Gasteiger partial charge in [0.15, 0.2) is 0 Å². The van der Waals surface area contributed by atoms with Gasteiger partial charge in [0.1, 0.15) is 5.65 Å². The van der Waals surface area contributed by atoms with Gasteiger partial charge in [-0.1, -0.05) is 13.8 Å². The van der Waals surface area contributed by atoms with E-state index in [0.29, 0.717) is 11.9 Å². The first-order valence-electron chi connectivity index (χ1n) is 9.63. The number of aromatic nitrogens is 7. The second-order valence-corrected chi connectivity index (χ2v) is 7.64. The van der Waals surface area contributed by atoms with Gasteiger partial charge in [-0.05, 0) is 23.6 Å². The summed E-state index contributed by atoms with van der Waals surface area (Å²) in [6.07, 6.45) is 11.6. The van der Waals surface area contributed by atoms with E-state index in [9.17, 15) is 0 Å². The van der Waals surface area contributed by atoms with Crippen LogP contribution in [0.1, 0.15) is 13.8 Å². The van der Waals surface area contributed by atoms with Crippen molar-refractivity contribution in [1.29, 1.82) is 0 Å². The fourth-order valence-corrected chi connectivity index (χ4v) is 3.46. The van der Waals surface area contributed by atoms with Gasteiger partial charge in [-0.3, -0.25) is 4.68 Å². The maximum absolute atomic E-state index is 4.61. The third-order valence-electron chi connectivity index (χ3n) is 4.95. The van der Waals surface area contributed by atoms with E-state index >= 15 is 0 Å². The van der Waals surface area contributed by atoms with Crippen LogP contribution in [0.25, 0.3) is 38.8 Å². The Hall–Kier alpha value is -3.68. The monoisotopic (exact) mass is 386 g/mol. The fraction of sp³-hybridized carbons (Fsp3) is 0.238. The number of nitrogens with one attached hydrogen (secondary N) is 2. The summed E-state index contributed by atoms with van der Waals surface area (Å²) in [6, 6.07) is 4.20. The number of pyridine rings is 1.